The Morgan fingerprint density at radius 1 is 1.08 bits per heavy atom. The summed E-state index contributed by atoms with van der Waals surface area (Å²) in [6.45, 7) is 3.60. The largest absolute Gasteiger partial charge is 0.337 e. The Kier molecular flexibility index (Phi) is 5.84. The Balaban J connectivity index is 1.51. The van der Waals surface area contributed by atoms with Crippen molar-refractivity contribution in [2.45, 2.75) is 6.54 Å². The van der Waals surface area contributed by atoms with Crippen LogP contribution in [0.4, 0.5) is 4.39 Å². The zero-order valence-corrected chi connectivity index (χ0v) is 14.6. The van der Waals surface area contributed by atoms with E-state index in [4.69, 9.17) is 11.6 Å². The van der Waals surface area contributed by atoms with Gasteiger partial charge in [0.15, 0.2) is 0 Å². The molecule has 0 N–H and O–H groups in total. The molecule has 130 valence electrons. The van der Waals surface area contributed by atoms with E-state index >= 15 is 0 Å². The number of hydrogen-bond acceptors (Lipinski definition) is 2. The average molecular weight is 359 g/mol. The van der Waals surface area contributed by atoms with Crippen molar-refractivity contribution in [1.82, 2.24) is 9.80 Å². The van der Waals surface area contributed by atoms with Crippen molar-refractivity contribution in [3.63, 3.8) is 0 Å². The van der Waals surface area contributed by atoms with E-state index in [9.17, 15) is 9.18 Å². The third-order valence-electron chi connectivity index (χ3n) is 4.29. The fourth-order valence-corrected chi connectivity index (χ4v) is 3.10. The van der Waals surface area contributed by atoms with Crippen LogP contribution in [0.15, 0.2) is 54.6 Å². The summed E-state index contributed by atoms with van der Waals surface area (Å²) in [5, 5.41) is 0.631. The molecule has 1 saturated heterocycles. The zero-order chi connectivity index (χ0) is 17.6. The molecule has 0 atom stereocenters. The van der Waals surface area contributed by atoms with E-state index < -0.39 is 0 Å². The van der Waals surface area contributed by atoms with Gasteiger partial charge in [-0.2, -0.15) is 0 Å². The van der Waals surface area contributed by atoms with Gasteiger partial charge in [-0.3, -0.25) is 9.69 Å². The summed E-state index contributed by atoms with van der Waals surface area (Å²) >= 11 is 6.09. The highest BCUT2D eigenvalue weighted by molar-refractivity contribution is 6.32. The molecule has 0 unspecified atom stereocenters. The standard InChI is InChI=1S/C20H20ClFN2O/c21-19-7-2-1-5-17(19)8-9-20(25)24-12-10-23(11-13-24)15-16-4-3-6-18(22)14-16/h1-9,14H,10-13,15H2/b9-8+. The van der Waals surface area contributed by atoms with Gasteiger partial charge < -0.3 is 4.90 Å². The minimum atomic E-state index is -0.212. The maximum Gasteiger partial charge on any atom is 0.246 e. The number of nitrogens with zero attached hydrogens (tertiary/aromatic N) is 2. The van der Waals surface area contributed by atoms with E-state index in [1.54, 1.807) is 30.4 Å². The van der Waals surface area contributed by atoms with Crippen molar-refractivity contribution in [3.05, 3.63) is 76.6 Å². The van der Waals surface area contributed by atoms with Gasteiger partial charge in [0.2, 0.25) is 5.91 Å². The molecule has 2 aromatic carbocycles. The van der Waals surface area contributed by atoms with E-state index in [-0.39, 0.29) is 11.7 Å². The first-order valence-electron chi connectivity index (χ1n) is 8.30. The van der Waals surface area contributed by atoms with Crippen molar-refractivity contribution in [2.75, 3.05) is 26.2 Å². The lowest BCUT2D eigenvalue weighted by Crippen LogP contribution is -2.47. The molecule has 1 aliphatic rings. The predicted molar refractivity (Wildman–Crippen MR) is 98.7 cm³/mol. The van der Waals surface area contributed by atoms with Crippen LogP contribution < -0.4 is 0 Å². The van der Waals surface area contributed by atoms with Gasteiger partial charge in [-0.25, -0.2) is 4.39 Å². The van der Waals surface area contributed by atoms with Crippen LogP contribution in [0, 0.1) is 5.82 Å². The first-order chi connectivity index (χ1) is 12.1. The van der Waals surface area contributed by atoms with E-state index in [2.05, 4.69) is 4.90 Å². The Morgan fingerprint density at radius 3 is 2.56 bits per heavy atom. The van der Waals surface area contributed by atoms with E-state index in [1.807, 2.05) is 29.2 Å². The van der Waals surface area contributed by atoms with Crippen LogP contribution in [0.2, 0.25) is 5.02 Å². The molecule has 0 aliphatic carbocycles. The summed E-state index contributed by atoms with van der Waals surface area (Å²) in [5.74, 6) is -0.221. The van der Waals surface area contributed by atoms with Gasteiger partial charge >= 0.3 is 0 Å². The van der Waals surface area contributed by atoms with Crippen molar-refractivity contribution < 1.29 is 9.18 Å². The third-order valence-corrected chi connectivity index (χ3v) is 4.63. The molecule has 1 aliphatic heterocycles. The average Bonchev–Trinajstić information content (AvgIpc) is 2.61. The lowest BCUT2D eigenvalue weighted by molar-refractivity contribution is -0.127. The summed E-state index contributed by atoms with van der Waals surface area (Å²) < 4.78 is 13.3. The third kappa shape index (κ3) is 4.91. The van der Waals surface area contributed by atoms with E-state index in [1.165, 1.54) is 6.07 Å². The molecule has 1 fully saturated rings. The highest BCUT2D eigenvalue weighted by Crippen LogP contribution is 2.16. The maximum absolute atomic E-state index is 13.3. The second kappa shape index (κ2) is 8.28. The summed E-state index contributed by atoms with van der Waals surface area (Å²) in [7, 11) is 0. The molecule has 0 saturated carbocycles. The first-order valence-corrected chi connectivity index (χ1v) is 8.68. The number of amides is 1. The van der Waals surface area contributed by atoms with Crippen molar-refractivity contribution in [1.29, 1.82) is 0 Å². The topological polar surface area (TPSA) is 23.6 Å². The fourth-order valence-electron chi connectivity index (χ4n) is 2.90. The SMILES string of the molecule is O=C(/C=C/c1ccccc1Cl)N1CCN(Cc2cccc(F)c2)CC1. The number of piperazine rings is 1. The molecule has 0 aromatic heterocycles. The van der Waals surface area contributed by atoms with Gasteiger partial charge in [0, 0.05) is 43.8 Å². The maximum atomic E-state index is 13.3. The number of hydrogen-bond donors (Lipinski definition) is 0. The zero-order valence-electron chi connectivity index (χ0n) is 13.9. The van der Waals surface area contributed by atoms with Crippen LogP contribution in [0.3, 0.4) is 0 Å². The molecule has 5 heteroatoms. The molecule has 3 nitrogen and oxygen atoms in total. The van der Waals surface area contributed by atoms with Crippen molar-refractivity contribution in [2.24, 2.45) is 0 Å². The molecule has 1 amide bonds. The molecular formula is C20H20ClFN2O. The van der Waals surface area contributed by atoms with Crippen LogP contribution in [0.25, 0.3) is 6.08 Å². The summed E-state index contributed by atoms with van der Waals surface area (Å²) in [5.41, 5.74) is 1.79. The minimum Gasteiger partial charge on any atom is -0.337 e. The Bertz CT molecular complexity index is 770. The molecule has 3 rings (SSSR count). The Morgan fingerprint density at radius 2 is 1.84 bits per heavy atom. The summed E-state index contributed by atoms with van der Waals surface area (Å²) in [6.07, 6.45) is 3.33. The molecule has 25 heavy (non-hydrogen) atoms. The molecule has 0 radical (unpaired) electrons. The minimum absolute atomic E-state index is 0.00896. The first kappa shape index (κ1) is 17.6. The van der Waals surface area contributed by atoms with Gasteiger partial charge in [-0.05, 0) is 35.4 Å². The smallest absolute Gasteiger partial charge is 0.246 e. The van der Waals surface area contributed by atoms with Crippen LogP contribution >= 0.6 is 11.6 Å². The van der Waals surface area contributed by atoms with Crippen molar-refractivity contribution >= 4 is 23.6 Å². The van der Waals surface area contributed by atoms with Crippen LogP contribution in [-0.4, -0.2) is 41.9 Å². The van der Waals surface area contributed by atoms with Crippen LogP contribution in [0.1, 0.15) is 11.1 Å². The molecule has 0 spiro atoms. The molecular weight excluding hydrogens is 339 g/mol. The molecule has 1 heterocycles. The highest BCUT2D eigenvalue weighted by Gasteiger charge is 2.19. The van der Waals surface area contributed by atoms with Gasteiger partial charge in [0.05, 0.1) is 0 Å². The number of carbonyl (C=O) groups is 1. The molecule has 2 aromatic rings. The van der Waals surface area contributed by atoms with Gasteiger partial charge in [-0.15, -0.1) is 0 Å². The fraction of sp³-hybridized carbons (Fsp3) is 0.250. The van der Waals surface area contributed by atoms with Crippen LogP contribution in [0.5, 0.6) is 0 Å². The quantitative estimate of drug-likeness (QED) is 0.775. The van der Waals surface area contributed by atoms with E-state index in [0.717, 1.165) is 24.2 Å². The Hall–Kier alpha value is -2.17. The van der Waals surface area contributed by atoms with E-state index in [0.29, 0.717) is 24.7 Å². The van der Waals surface area contributed by atoms with Crippen molar-refractivity contribution in [3.8, 4) is 0 Å². The lowest BCUT2D eigenvalue weighted by atomic mass is 10.2. The second-order valence-electron chi connectivity index (χ2n) is 6.09. The Labute approximate surface area is 152 Å². The number of benzene rings is 2. The normalized spacial score (nSPS) is 15.7. The van der Waals surface area contributed by atoms with Gasteiger partial charge in [0.25, 0.3) is 0 Å². The lowest BCUT2D eigenvalue weighted by Gasteiger charge is -2.34. The summed E-state index contributed by atoms with van der Waals surface area (Å²) in [6, 6.07) is 14.1. The highest BCUT2D eigenvalue weighted by atomic mass is 35.5. The number of carbonyl (C=O) groups excluding carboxylic acids is 1. The van der Waals surface area contributed by atoms with Gasteiger partial charge in [0.1, 0.15) is 5.82 Å². The monoisotopic (exact) mass is 358 g/mol. The van der Waals surface area contributed by atoms with Crippen LogP contribution in [-0.2, 0) is 11.3 Å². The number of rotatable bonds is 4. The summed E-state index contributed by atoms with van der Waals surface area (Å²) in [4.78, 5) is 16.4. The second-order valence-corrected chi connectivity index (χ2v) is 6.49. The number of halogens is 2. The predicted octanol–water partition coefficient (Wildman–Crippen LogP) is 3.84. The molecule has 0 bridgehead atoms. The van der Waals surface area contributed by atoms with Gasteiger partial charge in [-0.1, -0.05) is 41.9 Å².